The topological polar surface area (TPSA) is 35.5 Å². The molecule has 1 aliphatic rings. The molecule has 0 aliphatic carbocycles. The van der Waals surface area contributed by atoms with Crippen molar-refractivity contribution in [1.82, 2.24) is 0 Å². The second kappa shape index (κ2) is 4.85. The van der Waals surface area contributed by atoms with E-state index in [2.05, 4.69) is 0 Å². The highest BCUT2D eigenvalue weighted by Gasteiger charge is 2.25. The van der Waals surface area contributed by atoms with Crippen molar-refractivity contribution in [2.75, 3.05) is 7.11 Å². The average Bonchev–Trinajstić information content (AvgIpc) is 2.51. The lowest BCUT2D eigenvalue weighted by molar-refractivity contribution is -0.135. The van der Waals surface area contributed by atoms with E-state index < -0.39 is 0 Å². The lowest BCUT2D eigenvalue weighted by atomic mass is 9.90. The van der Waals surface area contributed by atoms with Crippen LogP contribution in [0.25, 0.3) is 5.57 Å². The predicted octanol–water partition coefficient (Wildman–Crippen LogP) is 3.79. The standard InChI is InChI=1S/C17H14O3/c1-11(17(18)19-2)16-12-7-3-5-9-14(12)20-15-10-6-4-8-13(15)16/h3-10H,1-2H3. The molecule has 0 unspecified atom stereocenters. The van der Waals surface area contributed by atoms with E-state index in [-0.39, 0.29) is 5.97 Å². The van der Waals surface area contributed by atoms with Gasteiger partial charge in [-0.2, -0.15) is 0 Å². The fourth-order valence-corrected chi connectivity index (χ4v) is 2.45. The van der Waals surface area contributed by atoms with Crippen molar-refractivity contribution < 1.29 is 14.3 Å². The van der Waals surface area contributed by atoms with Crippen LogP contribution in [0.1, 0.15) is 18.1 Å². The summed E-state index contributed by atoms with van der Waals surface area (Å²) in [5, 5.41) is 0. The van der Waals surface area contributed by atoms with Crippen molar-refractivity contribution >= 4 is 11.5 Å². The van der Waals surface area contributed by atoms with Gasteiger partial charge in [-0.1, -0.05) is 36.4 Å². The second-order valence-corrected chi connectivity index (χ2v) is 4.59. The highest BCUT2D eigenvalue weighted by Crippen LogP contribution is 2.44. The van der Waals surface area contributed by atoms with Crippen molar-refractivity contribution in [3.05, 3.63) is 65.2 Å². The highest BCUT2D eigenvalue weighted by atomic mass is 16.5. The average molecular weight is 266 g/mol. The molecule has 0 fully saturated rings. The van der Waals surface area contributed by atoms with Crippen LogP contribution in [0.5, 0.6) is 11.5 Å². The number of hydrogen-bond donors (Lipinski definition) is 0. The first kappa shape index (κ1) is 12.5. The number of rotatable bonds is 1. The van der Waals surface area contributed by atoms with Crippen molar-refractivity contribution in [1.29, 1.82) is 0 Å². The Balaban J connectivity index is 2.31. The fourth-order valence-electron chi connectivity index (χ4n) is 2.45. The molecule has 1 aliphatic heterocycles. The van der Waals surface area contributed by atoms with Gasteiger partial charge in [-0.15, -0.1) is 0 Å². The third kappa shape index (κ3) is 1.88. The molecule has 3 nitrogen and oxygen atoms in total. The monoisotopic (exact) mass is 266 g/mol. The number of fused-ring (bicyclic) bond motifs is 2. The van der Waals surface area contributed by atoms with Gasteiger partial charge in [-0.25, -0.2) is 4.79 Å². The van der Waals surface area contributed by atoms with Crippen molar-refractivity contribution in [3.63, 3.8) is 0 Å². The zero-order valence-corrected chi connectivity index (χ0v) is 11.3. The Morgan fingerprint density at radius 2 is 1.45 bits per heavy atom. The van der Waals surface area contributed by atoms with Crippen LogP contribution in [0.2, 0.25) is 0 Å². The number of para-hydroxylation sites is 2. The molecule has 0 spiro atoms. The Morgan fingerprint density at radius 3 is 1.95 bits per heavy atom. The summed E-state index contributed by atoms with van der Waals surface area (Å²) in [4.78, 5) is 11.9. The molecule has 0 saturated carbocycles. The summed E-state index contributed by atoms with van der Waals surface area (Å²) in [5.41, 5.74) is 3.27. The predicted molar refractivity (Wildman–Crippen MR) is 76.7 cm³/mol. The second-order valence-electron chi connectivity index (χ2n) is 4.59. The first-order chi connectivity index (χ1) is 9.72. The smallest absolute Gasteiger partial charge is 0.334 e. The van der Waals surface area contributed by atoms with E-state index in [0.717, 1.165) is 28.2 Å². The molecule has 100 valence electrons. The molecule has 0 amide bonds. The molecule has 2 aromatic rings. The Morgan fingerprint density at radius 1 is 0.950 bits per heavy atom. The molecular weight excluding hydrogens is 252 g/mol. The van der Waals surface area contributed by atoms with Crippen molar-refractivity contribution in [3.8, 4) is 11.5 Å². The van der Waals surface area contributed by atoms with Gasteiger partial charge in [-0.05, 0) is 19.1 Å². The lowest BCUT2D eigenvalue weighted by Crippen LogP contribution is -2.09. The van der Waals surface area contributed by atoms with Crippen LogP contribution < -0.4 is 4.74 Å². The molecule has 0 aromatic heterocycles. The number of carbonyl (C=O) groups is 1. The molecule has 2 aromatic carbocycles. The SMILES string of the molecule is COC(=O)C(C)=C1c2ccccc2Oc2ccccc21. The first-order valence-electron chi connectivity index (χ1n) is 6.38. The van der Waals surface area contributed by atoms with Gasteiger partial charge in [0.05, 0.1) is 7.11 Å². The highest BCUT2D eigenvalue weighted by molar-refractivity contribution is 6.03. The van der Waals surface area contributed by atoms with Gasteiger partial charge in [0.2, 0.25) is 0 Å². The van der Waals surface area contributed by atoms with Crippen LogP contribution in [0.15, 0.2) is 54.1 Å². The summed E-state index contributed by atoms with van der Waals surface area (Å²) in [5.74, 6) is 1.18. The van der Waals surface area contributed by atoms with E-state index >= 15 is 0 Å². The molecule has 3 heteroatoms. The first-order valence-corrected chi connectivity index (χ1v) is 6.38. The molecule has 0 atom stereocenters. The van der Waals surface area contributed by atoms with E-state index in [9.17, 15) is 4.79 Å². The normalized spacial score (nSPS) is 12.0. The van der Waals surface area contributed by atoms with Crippen LogP contribution in [-0.2, 0) is 9.53 Å². The fraction of sp³-hybridized carbons (Fsp3) is 0.118. The Labute approximate surface area is 117 Å². The van der Waals surface area contributed by atoms with Crippen LogP contribution in [-0.4, -0.2) is 13.1 Å². The number of esters is 1. The molecule has 3 rings (SSSR count). The molecule has 0 bridgehead atoms. The minimum absolute atomic E-state index is 0.327. The maximum Gasteiger partial charge on any atom is 0.334 e. The maximum absolute atomic E-state index is 11.9. The van der Waals surface area contributed by atoms with Crippen LogP contribution in [0.3, 0.4) is 0 Å². The summed E-state index contributed by atoms with van der Waals surface area (Å²) in [6.45, 7) is 1.78. The van der Waals surface area contributed by atoms with Gasteiger partial charge in [0.15, 0.2) is 0 Å². The zero-order chi connectivity index (χ0) is 14.1. The molecule has 0 radical (unpaired) electrons. The number of benzene rings is 2. The van der Waals surface area contributed by atoms with Crippen molar-refractivity contribution in [2.45, 2.75) is 6.92 Å². The number of methoxy groups -OCH3 is 1. The Kier molecular flexibility index (Phi) is 3.03. The number of ether oxygens (including phenoxy) is 2. The van der Waals surface area contributed by atoms with Gasteiger partial charge in [-0.3, -0.25) is 0 Å². The summed E-state index contributed by atoms with van der Waals surface area (Å²) in [7, 11) is 1.39. The van der Waals surface area contributed by atoms with E-state index in [1.807, 2.05) is 48.5 Å². The quantitative estimate of drug-likeness (QED) is 0.496. The number of hydrogen-bond acceptors (Lipinski definition) is 3. The van der Waals surface area contributed by atoms with Gasteiger partial charge >= 0.3 is 5.97 Å². The molecule has 0 N–H and O–H groups in total. The van der Waals surface area contributed by atoms with Gasteiger partial charge < -0.3 is 9.47 Å². The van der Waals surface area contributed by atoms with E-state index in [0.29, 0.717) is 5.57 Å². The van der Waals surface area contributed by atoms with Gasteiger partial charge in [0.1, 0.15) is 11.5 Å². The minimum atomic E-state index is -0.327. The van der Waals surface area contributed by atoms with Crippen LogP contribution in [0, 0.1) is 0 Å². The molecule has 0 saturated heterocycles. The minimum Gasteiger partial charge on any atom is -0.466 e. The molecule has 1 heterocycles. The van der Waals surface area contributed by atoms with Gasteiger partial charge in [0.25, 0.3) is 0 Å². The van der Waals surface area contributed by atoms with E-state index in [4.69, 9.17) is 9.47 Å². The van der Waals surface area contributed by atoms with E-state index in [1.54, 1.807) is 6.92 Å². The van der Waals surface area contributed by atoms with Crippen LogP contribution in [0.4, 0.5) is 0 Å². The summed E-state index contributed by atoms with van der Waals surface area (Å²) in [6.07, 6.45) is 0. The Bertz CT molecular complexity index is 666. The third-order valence-corrected chi connectivity index (χ3v) is 3.40. The van der Waals surface area contributed by atoms with Crippen LogP contribution >= 0.6 is 0 Å². The largest absolute Gasteiger partial charge is 0.466 e. The lowest BCUT2D eigenvalue weighted by Gasteiger charge is -2.24. The van der Waals surface area contributed by atoms with E-state index in [1.165, 1.54) is 7.11 Å². The maximum atomic E-state index is 11.9. The zero-order valence-electron chi connectivity index (χ0n) is 11.3. The Hall–Kier alpha value is -2.55. The number of carbonyl (C=O) groups excluding carboxylic acids is 1. The summed E-state index contributed by atoms with van der Waals surface area (Å²) < 4.78 is 10.7. The summed E-state index contributed by atoms with van der Waals surface area (Å²) >= 11 is 0. The molecule has 20 heavy (non-hydrogen) atoms. The third-order valence-electron chi connectivity index (χ3n) is 3.40. The van der Waals surface area contributed by atoms with Gasteiger partial charge in [0, 0.05) is 22.3 Å². The molecular formula is C17H14O3. The summed E-state index contributed by atoms with van der Waals surface area (Å²) in [6, 6.07) is 15.4. The van der Waals surface area contributed by atoms with Crippen molar-refractivity contribution in [2.24, 2.45) is 0 Å².